The van der Waals surface area contributed by atoms with E-state index in [0.29, 0.717) is 0 Å². The third-order valence-electron chi connectivity index (χ3n) is 4.82. The van der Waals surface area contributed by atoms with Gasteiger partial charge in [0.1, 0.15) is 6.04 Å². The van der Waals surface area contributed by atoms with Crippen LogP contribution in [-0.4, -0.2) is 33.4 Å². The van der Waals surface area contributed by atoms with Gasteiger partial charge >= 0.3 is 5.97 Å². The summed E-state index contributed by atoms with van der Waals surface area (Å²) in [5.74, 6) is -1.21. The molecule has 0 radical (unpaired) electrons. The lowest BCUT2D eigenvalue weighted by molar-refractivity contribution is -0.117. The van der Waals surface area contributed by atoms with Crippen LogP contribution in [0, 0.1) is 6.92 Å². The van der Waals surface area contributed by atoms with Crippen molar-refractivity contribution in [3.8, 4) is 0 Å². The molecule has 0 aliphatic heterocycles. The highest BCUT2D eigenvalue weighted by molar-refractivity contribution is 7.89. The van der Waals surface area contributed by atoms with Crippen molar-refractivity contribution in [1.82, 2.24) is 4.72 Å². The third-order valence-corrected chi connectivity index (χ3v) is 6.31. The minimum Gasteiger partial charge on any atom is -0.465 e. The maximum absolute atomic E-state index is 13.2. The Bertz CT molecular complexity index is 1190. The molecule has 0 spiro atoms. The predicted molar refractivity (Wildman–Crippen MR) is 122 cm³/mol. The predicted octanol–water partition coefficient (Wildman–Crippen LogP) is 3.31. The second-order valence-corrected chi connectivity index (χ2v) is 8.92. The summed E-state index contributed by atoms with van der Waals surface area (Å²) in [6, 6.07) is 20.7. The summed E-state index contributed by atoms with van der Waals surface area (Å²) in [6.07, 6.45) is 0.123. The van der Waals surface area contributed by atoms with E-state index in [1.165, 1.54) is 25.3 Å². The Hall–Kier alpha value is -3.49. The van der Waals surface area contributed by atoms with Crippen LogP contribution >= 0.6 is 0 Å². The largest absolute Gasteiger partial charge is 0.465 e. The van der Waals surface area contributed by atoms with E-state index in [-0.39, 0.29) is 22.6 Å². The SMILES string of the molecule is COC(=O)c1ccccc1NC(=O)[C@H](Cc1ccccc1)NS(=O)(=O)c1ccc(C)cc1. The number of rotatable bonds is 8. The second-order valence-electron chi connectivity index (χ2n) is 7.20. The third kappa shape index (κ3) is 5.81. The molecule has 0 unspecified atom stereocenters. The van der Waals surface area contributed by atoms with Crippen LogP contribution in [0.4, 0.5) is 5.69 Å². The molecule has 0 saturated carbocycles. The van der Waals surface area contributed by atoms with Gasteiger partial charge in [-0.3, -0.25) is 4.79 Å². The van der Waals surface area contributed by atoms with Gasteiger partial charge in [0.25, 0.3) is 0 Å². The molecule has 166 valence electrons. The van der Waals surface area contributed by atoms with Crippen molar-refractivity contribution in [2.75, 3.05) is 12.4 Å². The highest BCUT2D eigenvalue weighted by atomic mass is 32.2. The molecule has 0 bridgehead atoms. The number of anilines is 1. The first kappa shape index (κ1) is 23.2. The molecule has 3 rings (SSSR count). The zero-order chi connectivity index (χ0) is 23.1. The molecule has 1 amide bonds. The van der Waals surface area contributed by atoms with Gasteiger partial charge < -0.3 is 10.1 Å². The quantitative estimate of drug-likeness (QED) is 0.511. The lowest BCUT2D eigenvalue weighted by Crippen LogP contribution is -2.45. The van der Waals surface area contributed by atoms with E-state index in [1.54, 1.807) is 30.3 Å². The molecule has 32 heavy (non-hydrogen) atoms. The number of carbonyl (C=O) groups excluding carboxylic acids is 2. The van der Waals surface area contributed by atoms with Crippen molar-refractivity contribution in [2.45, 2.75) is 24.3 Å². The van der Waals surface area contributed by atoms with E-state index in [9.17, 15) is 18.0 Å². The van der Waals surface area contributed by atoms with Crippen LogP contribution in [0.1, 0.15) is 21.5 Å². The number of sulfonamides is 1. The number of ether oxygens (including phenoxy) is 1. The van der Waals surface area contributed by atoms with Gasteiger partial charge in [0.2, 0.25) is 15.9 Å². The summed E-state index contributed by atoms with van der Waals surface area (Å²) in [4.78, 5) is 25.2. The number of hydrogen-bond acceptors (Lipinski definition) is 5. The Morgan fingerprint density at radius 1 is 0.906 bits per heavy atom. The number of aryl methyl sites for hydroxylation is 1. The van der Waals surface area contributed by atoms with Gasteiger partial charge in [-0.2, -0.15) is 4.72 Å². The molecule has 0 aliphatic carbocycles. The van der Waals surface area contributed by atoms with Gasteiger partial charge in [-0.25, -0.2) is 13.2 Å². The number of hydrogen-bond donors (Lipinski definition) is 2. The molecular weight excluding hydrogens is 428 g/mol. The van der Waals surface area contributed by atoms with Crippen LogP contribution in [0.3, 0.4) is 0 Å². The van der Waals surface area contributed by atoms with Crippen LogP contribution in [-0.2, 0) is 26.0 Å². The minimum atomic E-state index is -3.97. The molecular formula is C24H24N2O5S. The van der Waals surface area contributed by atoms with Gasteiger partial charge in [-0.05, 0) is 43.2 Å². The highest BCUT2D eigenvalue weighted by Gasteiger charge is 2.27. The minimum absolute atomic E-state index is 0.0592. The fraction of sp³-hybridized carbons (Fsp3) is 0.167. The maximum Gasteiger partial charge on any atom is 0.339 e. The van der Waals surface area contributed by atoms with Gasteiger partial charge in [-0.1, -0.05) is 60.2 Å². The monoisotopic (exact) mass is 452 g/mol. The number of esters is 1. The summed E-state index contributed by atoms with van der Waals surface area (Å²) in [5, 5.41) is 2.66. The van der Waals surface area contributed by atoms with Crippen molar-refractivity contribution in [2.24, 2.45) is 0 Å². The second kappa shape index (κ2) is 10.2. The number of nitrogens with one attached hydrogen (secondary N) is 2. The number of amides is 1. The van der Waals surface area contributed by atoms with E-state index in [4.69, 9.17) is 4.74 Å². The summed E-state index contributed by atoms with van der Waals surface area (Å²) in [7, 11) is -2.72. The molecule has 8 heteroatoms. The number of benzene rings is 3. The Balaban J connectivity index is 1.90. The summed E-state index contributed by atoms with van der Waals surface area (Å²) in [5.41, 5.74) is 2.10. The highest BCUT2D eigenvalue weighted by Crippen LogP contribution is 2.18. The molecule has 1 atom stereocenters. The van der Waals surface area contributed by atoms with E-state index in [2.05, 4.69) is 10.0 Å². The normalized spacial score (nSPS) is 12.1. The molecule has 0 aromatic heterocycles. The average Bonchev–Trinajstić information content (AvgIpc) is 2.79. The molecule has 7 nitrogen and oxygen atoms in total. The first-order valence-corrected chi connectivity index (χ1v) is 11.4. The van der Waals surface area contributed by atoms with Crippen LogP contribution in [0.2, 0.25) is 0 Å². The lowest BCUT2D eigenvalue weighted by atomic mass is 10.1. The average molecular weight is 453 g/mol. The summed E-state index contributed by atoms with van der Waals surface area (Å²) in [6.45, 7) is 1.86. The van der Waals surface area contributed by atoms with Gasteiger partial charge in [0.15, 0.2) is 0 Å². The molecule has 2 N–H and O–H groups in total. The van der Waals surface area contributed by atoms with Crippen LogP contribution in [0.5, 0.6) is 0 Å². The van der Waals surface area contributed by atoms with Crippen LogP contribution in [0.15, 0.2) is 83.8 Å². The van der Waals surface area contributed by atoms with Crippen molar-refractivity contribution >= 4 is 27.6 Å². The molecule has 0 saturated heterocycles. The Morgan fingerprint density at radius 3 is 2.19 bits per heavy atom. The topological polar surface area (TPSA) is 102 Å². The van der Waals surface area contributed by atoms with Crippen LogP contribution in [0.25, 0.3) is 0 Å². The smallest absolute Gasteiger partial charge is 0.339 e. The fourth-order valence-corrected chi connectivity index (χ4v) is 4.31. The fourth-order valence-electron chi connectivity index (χ4n) is 3.11. The van der Waals surface area contributed by atoms with Gasteiger partial charge in [0.05, 0.1) is 23.3 Å². The molecule has 0 aliphatic rings. The van der Waals surface area contributed by atoms with Crippen LogP contribution < -0.4 is 10.0 Å². The van der Waals surface area contributed by atoms with Gasteiger partial charge in [0, 0.05) is 0 Å². The van der Waals surface area contributed by atoms with Crippen molar-refractivity contribution in [3.05, 3.63) is 95.6 Å². The lowest BCUT2D eigenvalue weighted by Gasteiger charge is -2.20. The molecule has 0 fully saturated rings. The van der Waals surface area contributed by atoms with E-state index in [0.717, 1.165) is 11.1 Å². The number of carbonyl (C=O) groups is 2. The molecule has 0 heterocycles. The van der Waals surface area contributed by atoms with Gasteiger partial charge in [-0.15, -0.1) is 0 Å². The Morgan fingerprint density at radius 2 is 1.53 bits per heavy atom. The van der Waals surface area contributed by atoms with Crippen molar-refractivity contribution in [1.29, 1.82) is 0 Å². The maximum atomic E-state index is 13.2. The Kier molecular flexibility index (Phi) is 7.40. The number of methoxy groups -OCH3 is 1. The first-order valence-electron chi connectivity index (χ1n) is 9.91. The Labute approximate surface area is 187 Å². The van der Waals surface area contributed by atoms with E-state index < -0.39 is 27.9 Å². The molecule has 3 aromatic carbocycles. The summed E-state index contributed by atoms with van der Waals surface area (Å²) >= 11 is 0. The zero-order valence-electron chi connectivity index (χ0n) is 17.7. The van der Waals surface area contributed by atoms with E-state index >= 15 is 0 Å². The van der Waals surface area contributed by atoms with Crippen molar-refractivity contribution < 1.29 is 22.7 Å². The zero-order valence-corrected chi connectivity index (χ0v) is 18.6. The standard InChI is InChI=1S/C24H24N2O5S/c1-17-12-14-19(15-13-17)32(29,30)26-22(16-18-8-4-3-5-9-18)23(27)25-21-11-7-6-10-20(21)24(28)31-2/h3-15,22,26H,16H2,1-2H3,(H,25,27)/t22-/m0/s1. The number of para-hydroxylation sites is 1. The summed E-state index contributed by atoms with van der Waals surface area (Å²) < 4.78 is 33.2. The molecule has 3 aromatic rings. The first-order chi connectivity index (χ1) is 15.3. The van der Waals surface area contributed by atoms with E-state index in [1.807, 2.05) is 37.3 Å². The van der Waals surface area contributed by atoms with Crippen molar-refractivity contribution in [3.63, 3.8) is 0 Å².